The Bertz CT molecular complexity index is 207. The first kappa shape index (κ1) is 13.7. The molecular formula is C10H19F3N2O. The van der Waals surface area contributed by atoms with Gasteiger partial charge in [-0.1, -0.05) is 6.42 Å². The van der Waals surface area contributed by atoms with Gasteiger partial charge in [-0.15, -0.1) is 0 Å². The maximum atomic E-state index is 12.5. The van der Waals surface area contributed by atoms with Crippen molar-refractivity contribution in [2.75, 3.05) is 26.2 Å². The number of hydrogen-bond acceptors (Lipinski definition) is 3. The molecule has 0 amide bonds. The van der Waals surface area contributed by atoms with E-state index in [0.717, 1.165) is 19.3 Å². The summed E-state index contributed by atoms with van der Waals surface area (Å²) in [5.74, 6) is -1.49. The molecule has 1 aliphatic carbocycles. The van der Waals surface area contributed by atoms with E-state index in [1.165, 1.54) is 0 Å². The van der Waals surface area contributed by atoms with Gasteiger partial charge in [0.1, 0.15) is 0 Å². The quantitative estimate of drug-likeness (QED) is 0.727. The number of nitrogens with zero attached hydrogens (tertiary/aromatic N) is 1. The second kappa shape index (κ2) is 5.84. The third-order valence-corrected chi connectivity index (χ3v) is 3.18. The Morgan fingerprint density at radius 1 is 1.38 bits per heavy atom. The van der Waals surface area contributed by atoms with Crippen LogP contribution in [0.25, 0.3) is 0 Å². The van der Waals surface area contributed by atoms with Crippen LogP contribution in [0.2, 0.25) is 0 Å². The highest BCUT2D eigenvalue weighted by molar-refractivity contribution is 4.83. The number of nitrogens with two attached hydrogens (primary N) is 1. The van der Waals surface area contributed by atoms with Gasteiger partial charge in [-0.2, -0.15) is 13.2 Å². The fourth-order valence-corrected chi connectivity index (χ4v) is 1.90. The van der Waals surface area contributed by atoms with E-state index in [-0.39, 0.29) is 19.2 Å². The summed E-state index contributed by atoms with van der Waals surface area (Å²) < 4.78 is 37.6. The van der Waals surface area contributed by atoms with Crippen LogP contribution < -0.4 is 5.73 Å². The number of rotatable bonds is 6. The molecule has 0 aromatic heterocycles. The highest BCUT2D eigenvalue weighted by Gasteiger charge is 2.40. The van der Waals surface area contributed by atoms with Crippen molar-refractivity contribution >= 4 is 0 Å². The number of halogens is 3. The zero-order valence-corrected chi connectivity index (χ0v) is 9.21. The average molecular weight is 240 g/mol. The van der Waals surface area contributed by atoms with Gasteiger partial charge in [-0.05, 0) is 12.8 Å². The van der Waals surface area contributed by atoms with Gasteiger partial charge in [0, 0.05) is 25.7 Å². The lowest BCUT2D eigenvalue weighted by atomic mass is 9.90. The van der Waals surface area contributed by atoms with Crippen molar-refractivity contribution in [3.8, 4) is 0 Å². The van der Waals surface area contributed by atoms with Crippen molar-refractivity contribution in [3.05, 3.63) is 0 Å². The molecule has 3 N–H and O–H groups in total. The van der Waals surface area contributed by atoms with E-state index in [1.54, 1.807) is 4.90 Å². The van der Waals surface area contributed by atoms with E-state index in [2.05, 4.69) is 0 Å². The van der Waals surface area contributed by atoms with Crippen LogP contribution in [0.15, 0.2) is 0 Å². The first-order valence-corrected chi connectivity index (χ1v) is 5.60. The summed E-state index contributed by atoms with van der Waals surface area (Å²) in [6.07, 6.45) is -1.33. The summed E-state index contributed by atoms with van der Waals surface area (Å²) in [7, 11) is 0. The minimum absolute atomic E-state index is 0.0920. The van der Waals surface area contributed by atoms with Gasteiger partial charge < -0.3 is 10.8 Å². The second-order valence-electron chi connectivity index (χ2n) is 4.28. The van der Waals surface area contributed by atoms with Crippen LogP contribution >= 0.6 is 0 Å². The SMILES string of the molecule is NCC(CN(CCO)C1CCC1)C(F)(F)F. The van der Waals surface area contributed by atoms with Crippen molar-refractivity contribution in [2.45, 2.75) is 31.5 Å². The number of aliphatic hydroxyl groups excluding tert-OH is 1. The molecule has 0 aromatic rings. The van der Waals surface area contributed by atoms with E-state index in [9.17, 15) is 13.2 Å². The summed E-state index contributed by atoms with van der Waals surface area (Å²) in [5.41, 5.74) is 5.15. The molecule has 0 radical (unpaired) electrons. The Morgan fingerprint density at radius 2 is 2.00 bits per heavy atom. The lowest BCUT2D eigenvalue weighted by Crippen LogP contribution is -2.48. The van der Waals surface area contributed by atoms with Gasteiger partial charge in [-0.25, -0.2) is 0 Å². The standard InChI is InChI=1S/C10H19F3N2O/c11-10(12,13)8(6-14)7-15(4-5-16)9-2-1-3-9/h8-9,16H,1-7,14H2. The van der Waals surface area contributed by atoms with Crippen LogP contribution in [-0.4, -0.2) is 48.5 Å². The third-order valence-electron chi connectivity index (χ3n) is 3.18. The van der Waals surface area contributed by atoms with E-state index in [4.69, 9.17) is 10.8 Å². The van der Waals surface area contributed by atoms with E-state index < -0.39 is 18.6 Å². The molecule has 0 aromatic carbocycles. The predicted octanol–water partition coefficient (Wildman–Crippen LogP) is 0.970. The van der Waals surface area contributed by atoms with Crippen molar-refractivity contribution < 1.29 is 18.3 Å². The molecular weight excluding hydrogens is 221 g/mol. The number of aliphatic hydroxyl groups is 1. The number of hydrogen-bond donors (Lipinski definition) is 2. The molecule has 0 spiro atoms. The summed E-state index contributed by atoms with van der Waals surface area (Å²) in [6, 6.07) is 0.198. The fourth-order valence-electron chi connectivity index (χ4n) is 1.90. The Balaban J connectivity index is 2.51. The Labute approximate surface area is 93.4 Å². The largest absolute Gasteiger partial charge is 0.395 e. The molecule has 0 heterocycles. The number of alkyl halides is 3. The Hall–Kier alpha value is -0.330. The molecule has 1 unspecified atom stereocenters. The summed E-state index contributed by atoms with van der Waals surface area (Å²) in [4.78, 5) is 1.72. The molecule has 16 heavy (non-hydrogen) atoms. The van der Waals surface area contributed by atoms with Crippen LogP contribution in [0.5, 0.6) is 0 Å². The molecule has 6 heteroatoms. The molecule has 1 rings (SSSR count). The van der Waals surface area contributed by atoms with Gasteiger partial charge in [0.25, 0.3) is 0 Å². The molecule has 1 aliphatic rings. The van der Waals surface area contributed by atoms with Gasteiger partial charge in [0.05, 0.1) is 12.5 Å². The molecule has 96 valence electrons. The second-order valence-corrected chi connectivity index (χ2v) is 4.28. The molecule has 1 saturated carbocycles. The van der Waals surface area contributed by atoms with Crippen LogP contribution in [0.3, 0.4) is 0 Å². The molecule has 0 bridgehead atoms. The summed E-state index contributed by atoms with van der Waals surface area (Å²) >= 11 is 0. The van der Waals surface area contributed by atoms with Crippen LogP contribution in [0.4, 0.5) is 13.2 Å². The van der Waals surface area contributed by atoms with Crippen LogP contribution in [0, 0.1) is 5.92 Å². The molecule has 0 saturated heterocycles. The Morgan fingerprint density at radius 3 is 2.31 bits per heavy atom. The lowest BCUT2D eigenvalue weighted by molar-refractivity contribution is -0.178. The highest BCUT2D eigenvalue weighted by atomic mass is 19.4. The lowest BCUT2D eigenvalue weighted by Gasteiger charge is -2.39. The van der Waals surface area contributed by atoms with Gasteiger partial charge >= 0.3 is 6.18 Å². The first-order valence-electron chi connectivity index (χ1n) is 5.60. The molecule has 1 atom stereocenters. The maximum Gasteiger partial charge on any atom is 0.394 e. The van der Waals surface area contributed by atoms with Crippen LogP contribution in [0.1, 0.15) is 19.3 Å². The monoisotopic (exact) mass is 240 g/mol. The van der Waals surface area contributed by atoms with Gasteiger partial charge in [-0.3, -0.25) is 4.90 Å². The summed E-state index contributed by atoms with van der Waals surface area (Å²) in [5, 5.41) is 8.84. The topological polar surface area (TPSA) is 49.5 Å². The normalized spacial score (nSPS) is 19.9. The zero-order chi connectivity index (χ0) is 12.2. The first-order chi connectivity index (χ1) is 7.49. The molecule has 1 fully saturated rings. The van der Waals surface area contributed by atoms with E-state index in [1.807, 2.05) is 0 Å². The summed E-state index contributed by atoms with van der Waals surface area (Å²) in [6.45, 7) is -0.285. The smallest absolute Gasteiger partial charge is 0.394 e. The maximum absolute atomic E-state index is 12.5. The third kappa shape index (κ3) is 3.61. The van der Waals surface area contributed by atoms with Crippen molar-refractivity contribution in [1.82, 2.24) is 4.90 Å². The van der Waals surface area contributed by atoms with Gasteiger partial charge in [0.2, 0.25) is 0 Å². The molecule has 0 aliphatic heterocycles. The van der Waals surface area contributed by atoms with Crippen molar-refractivity contribution in [2.24, 2.45) is 11.7 Å². The van der Waals surface area contributed by atoms with Crippen molar-refractivity contribution in [1.29, 1.82) is 0 Å². The van der Waals surface area contributed by atoms with E-state index >= 15 is 0 Å². The fraction of sp³-hybridized carbons (Fsp3) is 1.00. The average Bonchev–Trinajstić information content (AvgIpc) is 2.09. The predicted molar refractivity (Wildman–Crippen MR) is 54.9 cm³/mol. The minimum atomic E-state index is -4.24. The van der Waals surface area contributed by atoms with Crippen molar-refractivity contribution in [3.63, 3.8) is 0 Å². The Kier molecular flexibility index (Phi) is 5.01. The zero-order valence-electron chi connectivity index (χ0n) is 9.21. The van der Waals surface area contributed by atoms with Gasteiger partial charge in [0.15, 0.2) is 0 Å². The highest BCUT2D eigenvalue weighted by Crippen LogP contribution is 2.30. The minimum Gasteiger partial charge on any atom is -0.395 e. The molecule has 3 nitrogen and oxygen atoms in total. The van der Waals surface area contributed by atoms with Crippen LogP contribution in [-0.2, 0) is 0 Å². The van der Waals surface area contributed by atoms with E-state index in [0.29, 0.717) is 6.54 Å².